The van der Waals surface area contributed by atoms with E-state index >= 15 is 0 Å². The number of fused-ring (bicyclic) bond motifs is 1. The highest BCUT2D eigenvalue weighted by Crippen LogP contribution is 2.32. The highest BCUT2D eigenvalue weighted by molar-refractivity contribution is 7.09. The first-order valence-electron chi connectivity index (χ1n) is 10.1. The summed E-state index contributed by atoms with van der Waals surface area (Å²) in [6, 6.07) is 12.8. The molecule has 0 atom stereocenters. The minimum absolute atomic E-state index is 0.243. The number of carbonyl (C=O) groups excluding carboxylic acids is 2. The summed E-state index contributed by atoms with van der Waals surface area (Å²) in [5.74, 6) is -0.176. The molecule has 1 aliphatic heterocycles. The SMILES string of the molecule is Cc1nc(-c2ccc3c(c2)CCN3C(=O)COC(=O)c2ccc(-c3cnco3)cc2)cs1. The molecule has 0 bridgehead atoms. The average molecular weight is 446 g/mol. The highest BCUT2D eigenvalue weighted by Gasteiger charge is 2.26. The van der Waals surface area contributed by atoms with Crippen LogP contribution in [-0.4, -0.2) is 35.0 Å². The Morgan fingerprint density at radius 3 is 2.69 bits per heavy atom. The van der Waals surface area contributed by atoms with Crippen LogP contribution in [0.15, 0.2) is 64.9 Å². The van der Waals surface area contributed by atoms with E-state index < -0.39 is 5.97 Å². The molecule has 5 rings (SSSR count). The van der Waals surface area contributed by atoms with Crippen LogP contribution in [0.4, 0.5) is 5.69 Å². The summed E-state index contributed by atoms with van der Waals surface area (Å²) < 4.78 is 10.5. The third-order valence-electron chi connectivity index (χ3n) is 5.36. The number of anilines is 1. The second-order valence-electron chi connectivity index (χ2n) is 7.41. The normalized spacial score (nSPS) is 12.6. The fourth-order valence-electron chi connectivity index (χ4n) is 3.73. The van der Waals surface area contributed by atoms with E-state index in [1.807, 2.05) is 24.4 Å². The van der Waals surface area contributed by atoms with Gasteiger partial charge in [0.05, 0.1) is 22.5 Å². The average Bonchev–Trinajstić information content (AvgIpc) is 3.57. The molecule has 0 unspecified atom stereocenters. The van der Waals surface area contributed by atoms with Gasteiger partial charge in [-0.05, 0) is 43.2 Å². The molecular weight excluding hydrogens is 426 g/mol. The summed E-state index contributed by atoms with van der Waals surface area (Å²) in [4.78, 5) is 35.2. The van der Waals surface area contributed by atoms with E-state index in [-0.39, 0.29) is 12.5 Å². The number of amides is 1. The number of carbonyl (C=O) groups is 2. The first-order valence-corrected chi connectivity index (χ1v) is 11.0. The second-order valence-corrected chi connectivity index (χ2v) is 8.47. The molecule has 160 valence electrons. The van der Waals surface area contributed by atoms with Gasteiger partial charge in [-0.25, -0.2) is 14.8 Å². The number of hydrogen-bond acceptors (Lipinski definition) is 7. The Balaban J connectivity index is 1.22. The first-order chi connectivity index (χ1) is 15.6. The van der Waals surface area contributed by atoms with Gasteiger partial charge in [0.25, 0.3) is 5.91 Å². The topological polar surface area (TPSA) is 85.5 Å². The lowest BCUT2D eigenvalue weighted by Gasteiger charge is -2.17. The smallest absolute Gasteiger partial charge is 0.338 e. The summed E-state index contributed by atoms with van der Waals surface area (Å²) in [5.41, 5.74) is 5.11. The lowest BCUT2D eigenvalue weighted by molar-refractivity contribution is -0.121. The molecule has 2 aromatic heterocycles. The molecule has 0 aliphatic carbocycles. The van der Waals surface area contributed by atoms with Crippen LogP contribution in [-0.2, 0) is 16.0 Å². The van der Waals surface area contributed by atoms with Crippen LogP contribution < -0.4 is 4.90 Å². The molecule has 4 aromatic rings. The van der Waals surface area contributed by atoms with Crippen LogP contribution in [0.2, 0.25) is 0 Å². The lowest BCUT2D eigenvalue weighted by Crippen LogP contribution is -2.33. The maximum absolute atomic E-state index is 12.7. The monoisotopic (exact) mass is 445 g/mol. The third kappa shape index (κ3) is 3.92. The number of aromatic nitrogens is 2. The zero-order chi connectivity index (χ0) is 22.1. The summed E-state index contributed by atoms with van der Waals surface area (Å²) in [6.45, 7) is 2.24. The van der Waals surface area contributed by atoms with E-state index in [1.54, 1.807) is 46.7 Å². The molecule has 1 amide bonds. The molecule has 0 N–H and O–H groups in total. The van der Waals surface area contributed by atoms with Gasteiger partial charge in [-0.15, -0.1) is 11.3 Å². The summed E-state index contributed by atoms with van der Waals surface area (Å²) in [7, 11) is 0. The number of ether oxygens (including phenoxy) is 1. The maximum atomic E-state index is 12.7. The number of rotatable bonds is 5. The fraction of sp³-hybridized carbons (Fsp3) is 0.167. The molecule has 7 nitrogen and oxygen atoms in total. The molecule has 32 heavy (non-hydrogen) atoms. The van der Waals surface area contributed by atoms with E-state index in [0.29, 0.717) is 17.9 Å². The summed E-state index contributed by atoms with van der Waals surface area (Å²) >= 11 is 1.61. The predicted molar refractivity (Wildman–Crippen MR) is 121 cm³/mol. The lowest BCUT2D eigenvalue weighted by atomic mass is 10.1. The van der Waals surface area contributed by atoms with Crippen LogP contribution >= 0.6 is 11.3 Å². The Hall–Kier alpha value is -3.78. The van der Waals surface area contributed by atoms with Gasteiger partial charge in [0.2, 0.25) is 0 Å². The Bertz CT molecular complexity index is 1280. The van der Waals surface area contributed by atoms with Crippen molar-refractivity contribution in [1.82, 2.24) is 9.97 Å². The van der Waals surface area contributed by atoms with Crippen LogP contribution in [0.3, 0.4) is 0 Å². The molecule has 2 aromatic carbocycles. The van der Waals surface area contributed by atoms with Crippen molar-refractivity contribution in [3.05, 3.63) is 76.6 Å². The van der Waals surface area contributed by atoms with Crippen LogP contribution in [0.25, 0.3) is 22.6 Å². The summed E-state index contributed by atoms with van der Waals surface area (Å²) in [5, 5.41) is 3.05. The summed E-state index contributed by atoms with van der Waals surface area (Å²) in [6.07, 6.45) is 3.70. The largest absolute Gasteiger partial charge is 0.452 e. The number of benzene rings is 2. The highest BCUT2D eigenvalue weighted by atomic mass is 32.1. The number of thiazole rings is 1. The molecule has 0 saturated carbocycles. The van der Waals surface area contributed by atoms with Gasteiger partial charge in [0, 0.05) is 28.7 Å². The molecule has 0 radical (unpaired) electrons. The van der Waals surface area contributed by atoms with Gasteiger partial charge in [0.1, 0.15) is 0 Å². The van der Waals surface area contributed by atoms with Gasteiger partial charge >= 0.3 is 5.97 Å². The van der Waals surface area contributed by atoms with Crippen LogP contribution in [0.1, 0.15) is 20.9 Å². The maximum Gasteiger partial charge on any atom is 0.338 e. The quantitative estimate of drug-likeness (QED) is 0.420. The molecule has 0 saturated heterocycles. The Labute approximate surface area is 188 Å². The Morgan fingerprint density at radius 2 is 1.97 bits per heavy atom. The minimum atomic E-state index is -0.545. The fourth-order valence-corrected chi connectivity index (χ4v) is 4.36. The van der Waals surface area contributed by atoms with Crippen molar-refractivity contribution in [2.45, 2.75) is 13.3 Å². The van der Waals surface area contributed by atoms with E-state index in [4.69, 9.17) is 9.15 Å². The molecule has 8 heteroatoms. The first kappa shape index (κ1) is 20.1. The van der Waals surface area contributed by atoms with Gasteiger partial charge in [-0.3, -0.25) is 4.79 Å². The van der Waals surface area contributed by atoms with Crippen molar-refractivity contribution in [2.24, 2.45) is 0 Å². The van der Waals surface area contributed by atoms with Crippen LogP contribution in [0, 0.1) is 6.92 Å². The van der Waals surface area contributed by atoms with Crippen molar-refractivity contribution >= 4 is 28.9 Å². The zero-order valence-electron chi connectivity index (χ0n) is 17.3. The van der Waals surface area contributed by atoms with Crippen molar-refractivity contribution in [2.75, 3.05) is 18.1 Å². The number of hydrogen-bond donors (Lipinski definition) is 0. The minimum Gasteiger partial charge on any atom is -0.452 e. The number of aryl methyl sites for hydroxylation is 1. The number of nitrogens with zero attached hydrogens (tertiary/aromatic N) is 3. The molecule has 0 spiro atoms. The molecule has 1 aliphatic rings. The van der Waals surface area contributed by atoms with Gasteiger partial charge in [-0.1, -0.05) is 18.2 Å². The Kier molecular flexibility index (Phi) is 5.28. The van der Waals surface area contributed by atoms with E-state index in [1.165, 1.54) is 6.39 Å². The van der Waals surface area contributed by atoms with Crippen molar-refractivity contribution in [3.8, 4) is 22.6 Å². The second kappa shape index (κ2) is 8.39. The van der Waals surface area contributed by atoms with Crippen molar-refractivity contribution in [3.63, 3.8) is 0 Å². The van der Waals surface area contributed by atoms with Gasteiger partial charge in [-0.2, -0.15) is 0 Å². The predicted octanol–water partition coefficient (Wildman–Crippen LogP) is 4.52. The van der Waals surface area contributed by atoms with E-state index in [9.17, 15) is 9.59 Å². The van der Waals surface area contributed by atoms with Crippen molar-refractivity contribution in [1.29, 1.82) is 0 Å². The van der Waals surface area contributed by atoms with Crippen LogP contribution in [0.5, 0.6) is 0 Å². The standard InChI is InChI=1S/C24H19N3O4S/c1-15-26-20(13-32-15)18-6-7-21-19(10-18)8-9-27(21)23(28)12-30-24(29)17-4-2-16(3-5-17)22-11-25-14-31-22/h2-7,10-11,13-14H,8-9,12H2,1H3. The third-order valence-corrected chi connectivity index (χ3v) is 6.13. The van der Waals surface area contributed by atoms with Gasteiger partial charge in [0.15, 0.2) is 18.8 Å². The molecule has 0 fully saturated rings. The molecular formula is C24H19N3O4S. The van der Waals surface area contributed by atoms with Gasteiger partial charge < -0.3 is 14.1 Å². The van der Waals surface area contributed by atoms with E-state index in [2.05, 4.69) is 16.0 Å². The zero-order valence-corrected chi connectivity index (χ0v) is 18.1. The van der Waals surface area contributed by atoms with E-state index in [0.717, 1.165) is 39.5 Å². The number of oxazole rings is 1. The number of esters is 1. The van der Waals surface area contributed by atoms with Crippen molar-refractivity contribution < 1.29 is 18.7 Å². The molecule has 3 heterocycles. The Morgan fingerprint density at radius 1 is 1.16 bits per heavy atom.